The van der Waals surface area contributed by atoms with Crippen molar-refractivity contribution in [1.82, 2.24) is 5.32 Å². The second-order valence-corrected chi connectivity index (χ2v) is 3.96. The van der Waals surface area contributed by atoms with Crippen LogP contribution >= 0.6 is 0 Å². The summed E-state index contributed by atoms with van der Waals surface area (Å²) in [6.45, 7) is 1.44. The summed E-state index contributed by atoms with van der Waals surface area (Å²) >= 11 is 0. The van der Waals surface area contributed by atoms with Crippen LogP contribution in [0.25, 0.3) is 0 Å². The molecule has 1 aromatic rings. The van der Waals surface area contributed by atoms with Crippen molar-refractivity contribution in [3.8, 4) is 0 Å². The largest absolute Gasteiger partial charge is 0.388 e. The summed E-state index contributed by atoms with van der Waals surface area (Å²) in [5, 5.41) is 13.2. The Morgan fingerprint density at radius 2 is 2.36 bits per heavy atom. The zero-order valence-corrected chi connectivity index (χ0v) is 7.96. The van der Waals surface area contributed by atoms with E-state index >= 15 is 0 Å². The van der Waals surface area contributed by atoms with E-state index in [1.54, 1.807) is 6.07 Å². The van der Waals surface area contributed by atoms with E-state index in [1.165, 1.54) is 12.1 Å². The lowest BCUT2D eigenvalue weighted by Gasteiger charge is -2.20. The molecule has 0 amide bonds. The standard InChI is InChI=1S/C11H14FNO/c12-10-3-1-2-9(6-10)7-11(14)4-5-13-8-11/h1-3,6,13-14H,4-5,7-8H2/t11-/m0/s1. The molecule has 76 valence electrons. The third-order valence-corrected chi connectivity index (χ3v) is 2.64. The van der Waals surface area contributed by atoms with Crippen LogP contribution in [0.3, 0.4) is 0 Å². The second kappa shape index (κ2) is 3.67. The lowest BCUT2D eigenvalue weighted by atomic mass is 9.94. The van der Waals surface area contributed by atoms with Crippen LogP contribution in [-0.2, 0) is 6.42 Å². The smallest absolute Gasteiger partial charge is 0.123 e. The van der Waals surface area contributed by atoms with Crippen molar-refractivity contribution >= 4 is 0 Å². The highest BCUT2D eigenvalue weighted by Gasteiger charge is 2.30. The Kier molecular flexibility index (Phi) is 2.52. The zero-order chi connectivity index (χ0) is 10.0. The van der Waals surface area contributed by atoms with Crippen LogP contribution in [-0.4, -0.2) is 23.8 Å². The van der Waals surface area contributed by atoms with Crippen LogP contribution in [0.2, 0.25) is 0 Å². The summed E-state index contributed by atoms with van der Waals surface area (Å²) in [5.41, 5.74) is 0.171. The molecule has 0 aromatic heterocycles. The number of hydrogen-bond acceptors (Lipinski definition) is 2. The second-order valence-electron chi connectivity index (χ2n) is 3.96. The minimum Gasteiger partial charge on any atom is -0.388 e. The molecule has 0 unspecified atom stereocenters. The molecule has 0 bridgehead atoms. The van der Waals surface area contributed by atoms with Crippen molar-refractivity contribution in [2.45, 2.75) is 18.4 Å². The summed E-state index contributed by atoms with van der Waals surface area (Å²) in [7, 11) is 0. The van der Waals surface area contributed by atoms with Crippen LogP contribution in [0.15, 0.2) is 24.3 Å². The van der Waals surface area contributed by atoms with Crippen molar-refractivity contribution in [3.63, 3.8) is 0 Å². The van der Waals surface area contributed by atoms with Crippen LogP contribution < -0.4 is 5.32 Å². The molecule has 2 N–H and O–H groups in total. The van der Waals surface area contributed by atoms with Gasteiger partial charge in [0.1, 0.15) is 5.82 Å². The van der Waals surface area contributed by atoms with E-state index in [4.69, 9.17) is 0 Å². The highest BCUT2D eigenvalue weighted by Crippen LogP contribution is 2.20. The maximum Gasteiger partial charge on any atom is 0.123 e. The molecule has 0 saturated carbocycles. The van der Waals surface area contributed by atoms with Gasteiger partial charge in [0.25, 0.3) is 0 Å². The Balaban J connectivity index is 2.10. The van der Waals surface area contributed by atoms with Crippen molar-refractivity contribution < 1.29 is 9.50 Å². The molecule has 1 aliphatic rings. The van der Waals surface area contributed by atoms with Crippen molar-refractivity contribution in [2.75, 3.05) is 13.1 Å². The van der Waals surface area contributed by atoms with Gasteiger partial charge in [-0.2, -0.15) is 0 Å². The van der Waals surface area contributed by atoms with Gasteiger partial charge in [0, 0.05) is 13.0 Å². The molecule has 14 heavy (non-hydrogen) atoms. The number of nitrogens with one attached hydrogen (secondary N) is 1. The van der Waals surface area contributed by atoms with E-state index < -0.39 is 5.60 Å². The summed E-state index contributed by atoms with van der Waals surface area (Å²) in [6, 6.07) is 6.42. The number of rotatable bonds is 2. The fourth-order valence-corrected chi connectivity index (χ4v) is 1.91. The molecular weight excluding hydrogens is 181 g/mol. The quantitative estimate of drug-likeness (QED) is 0.740. The van der Waals surface area contributed by atoms with Gasteiger partial charge in [-0.25, -0.2) is 4.39 Å². The minimum atomic E-state index is -0.687. The van der Waals surface area contributed by atoms with Gasteiger partial charge in [-0.3, -0.25) is 0 Å². The number of halogens is 1. The Morgan fingerprint density at radius 1 is 1.50 bits per heavy atom. The summed E-state index contributed by atoms with van der Waals surface area (Å²) in [4.78, 5) is 0. The predicted molar refractivity (Wildman–Crippen MR) is 52.5 cm³/mol. The van der Waals surface area contributed by atoms with Crippen molar-refractivity contribution in [2.24, 2.45) is 0 Å². The Morgan fingerprint density at radius 3 is 3.00 bits per heavy atom. The third kappa shape index (κ3) is 2.11. The fraction of sp³-hybridized carbons (Fsp3) is 0.455. The van der Waals surface area contributed by atoms with Crippen LogP contribution in [0, 0.1) is 5.82 Å². The summed E-state index contributed by atoms with van der Waals surface area (Å²) < 4.78 is 12.9. The highest BCUT2D eigenvalue weighted by molar-refractivity contribution is 5.19. The molecule has 0 spiro atoms. The Bertz CT molecular complexity index is 321. The van der Waals surface area contributed by atoms with E-state index in [1.807, 2.05) is 6.07 Å². The van der Waals surface area contributed by atoms with Gasteiger partial charge in [-0.05, 0) is 30.7 Å². The summed E-state index contributed by atoms with van der Waals surface area (Å²) in [6.07, 6.45) is 1.27. The van der Waals surface area contributed by atoms with Gasteiger partial charge in [0.05, 0.1) is 5.60 Å². The van der Waals surface area contributed by atoms with Crippen LogP contribution in [0.4, 0.5) is 4.39 Å². The highest BCUT2D eigenvalue weighted by atomic mass is 19.1. The topological polar surface area (TPSA) is 32.3 Å². The number of aliphatic hydroxyl groups is 1. The zero-order valence-electron chi connectivity index (χ0n) is 7.96. The molecule has 3 heteroatoms. The lowest BCUT2D eigenvalue weighted by Crippen LogP contribution is -2.33. The number of β-amino-alcohol motifs (C(OH)–C–C–N with tert-alkyl or cyclic N) is 1. The Labute approximate surface area is 82.8 Å². The molecule has 1 heterocycles. The first-order chi connectivity index (χ1) is 6.68. The molecule has 2 rings (SSSR count). The molecule has 2 nitrogen and oxygen atoms in total. The maximum atomic E-state index is 12.9. The molecule has 0 radical (unpaired) electrons. The van der Waals surface area contributed by atoms with Crippen LogP contribution in [0.5, 0.6) is 0 Å². The molecule has 0 aliphatic carbocycles. The van der Waals surface area contributed by atoms with Crippen molar-refractivity contribution in [3.05, 3.63) is 35.6 Å². The number of hydrogen-bond donors (Lipinski definition) is 2. The first-order valence-electron chi connectivity index (χ1n) is 4.86. The molecule has 1 fully saturated rings. The van der Waals surface area contributed by atoms with Gasteiger partial charge in [-0.1, -0.05) is 12.1 Å². The Hall–Kier alpha value is -0.930. The normalized spacial score (nSPS) is 26.7. The molecular formula is C11H14FNO. The van der Waals surface area contributed by atoms with Gasteiger partial charge in [0.2, 0.25) is 0 Å². The monoisotopic (exact) mass is 195 g/mol. The van der Waals surface area contributed by atoms with E-state index in [0.29, 0.717) is 13.0 Å². The van der Waals surface area contributed by atoms with Gasteiger partial charge >= 0.3 is 0 Å². The third-order valence-electron chi connectivity index (χ3n) is 2.64. The van der Waals surface area contributed by atoms with E-state index in [2.05, 4.69) is 5.32 Å². The molecule has 1 saturated heterocycles. The first kappa shape index (κ1) is 9.62. The van der Waals surface area contributed by atoms with Gasteiger partial charge in [-0.15, -0.1) is 0 Å². The molecule has 1 aliphatic heterocycles. The first-order valence-corrected chi connectivity index (χ1v) is 4.86. The number of benzene rings is 1. The maximum absolute atomic E-state index is 12.9. The molecule has 1 atom stereocenters. The van der Waals surface area contributed by atoms with Gasteiger partial charge in [0.15, 0.2) is 0 Å². The van der Waals surface area contributed by atoms with E-state index in [9.17, 15) is 9.50 Å². The fourth-order valence-electron chi connectivity index (χ4n) is 1.91. The van der Waals surface area contributed by atoms with Gasteiger partial charge < -0.3 is 10.4 Å². The lowest BCUT2D eigenvalue weighted by molar-refractivity contribution is 0.0618. The van der Waals surface area contributed by atoms with E-state index in [-0.39, 0.29) is 5.82 Å². The SMILES string of the molecule is O[C@]1(Cc2cccc(F)c2)CCNC1. The summed E-state index contributed by atoms with van der Waals surface area (Å²) in [5.74, 6) is -0.239. The molecule has 1 aromatic carbocycles. The van der Waals surface area contributed by atoms with Crippen molar-refractivity contribution in [1.29, 1.82) is 0 Å². The average Bonchev–Trinajstić information content (AvgIpc) is 2.51. The predicted octanol–water partition coefficient (Wildman–Crippen LogP) is 1.09. The minimum absolute atomic E-state index is 0.239. The van der Waals surface area contributed by atoms with E-state index in [0.717, 1.165) is 18.5 Å². The van der Waals surface area contributed by atoms with Crippen LogP contribution in [0.1, 0.15) is 12.0 Å². The average molecular weight is 195 g/mol.